The number of thioether (sulfide) groups is 2. The molecule has 124 valence electrons. The van der Waals surface area contributed by atoms with Gasteiger partial charge in [0.2, 0.25) is 0 Å². The predicted molar refractivity (Wildman–Crippen MR) is 110 cm³/mol. The van der Waals surface area contributed by atoms with Crippen molar-refractivity contribution in [3.8, 4) is 0 Å². The van der Waals surface area contributed by atoms with Gasteiger partial charge in [-0.1, -0.05) is 42.5 Å². The Hall–Kier alpha value is -1.91. The summed E-state index contributed by atoms with van der Waals surface area (Å²) in [6.45, 7) is 0. The molecule has 0 amide bonds. The number of fused-ring (bicyclic) bond motifs is 3. The monoisotopic (exact) mass is 362 g/mol. The summed E-state index contributed by atoms with van der Waals surface area (Å²) in [5.74, 6) is 3.92. The number of pyridine rings is 1. The Morgan fingerprint density at radius 1 is 0.640 bits per heavy atom. The highest BCUT2D eigenvalue weighted by Crippen LogP contribution is 2.33. The Balaban J connectivity index is 1.66. The van der Waals surface area contributed by atoms with Gasteiger partial charge in [-0.2, -0.15) is 23.5 Å². The third kappa shape index (κ3) is 2.83. The summed E-state index contributed by atoms with van der Waals surface area (Å²) in [5, 5.41) is 2.68. The van der Waals surface area contributed by atoms with Gasteiger partial charge in [-0.05, 0) is 23.3 Å². The molecule has 1 aliphatic heterocycles. The van der Waals surface area contributed by atoms with Crippen LogP contribution in [0.3, 0.4) is 0 Å². The number of aromatic amines is 1. The molecular formula is C21H18N2S2. The molecule has 1 N–H and O–H groups in total. The van der Waals surface area contributed by atoms with Crippen LogP contribution in [0.5, 0.6) is 0 Å². The fraction of sp³-hybridized carbons (Fsp3) is 0.190. The quantitative estimate of drug-likeness (QED) is 0.422. The first kappa shape index (κ1) is 15.4. The fourth-order valence-electron chi connectivity index (χ4n) is 3.53. The molecule has 0 unspecified atom stereocenters. The molecule has 0 saturated carbocycles. The van der Waals surface area contributed by atoms with Crippen LogP contribution in [0.15, 0.2) is 54.6 Å². The van der Waals surface area contributed by atoms with Gasteiger partial charge in [0.25, 0.3) is 0 Å². The zero-order chi connectivity index (χ0) is 16.6. The second-order valence-electron chi connectivity index (χ2n) is 6.41. The first-order valence-corrected chi connectivity index (χ1v) is 10.8. The van der Waals surface area contributed by atoms with E-state index in [0.717, 1.165) is 23.0 Å². The first-order chi connectivity index (χ1) is 12.4. The highest BCUT2D eigenvalue weighted by atomic mass is 32.2. The van der Waals surface area contributed by atoms with Gasteiger partial charge in [-0.15, -0.1) is 0 Å². The van der Waals surface area contributed by atoms with Crippen LogP contribution in [0.25, 0.3) is 21.8 Å². The number of aromatic nitrogens is 2. The minimum Gasteiger partial charge on any atom is -0.354 e. The number of hydrogen-bond acceptors (Lipinski definition) is 3. The van der Waals surface area contributed by atoms with Gasteiger partial charge < -0.3 is 4.98 Å². The van der Waals surface area contributed by atoms with E-state index in [1.165, 1.54) is 44.3 Å². The first-order valence-electron chi connectivity index (χ1n) is 8.50. The van der Waals surface area contributed by atoms with Gasteiger partial charge in [0.05, 0.1) is 22.4 Å². The maximum Gasteiger partial charge on any atom is 0.0506 e. The summed E-state index contributed by atoms with van der Waals surface area (Å²) >= 11 is 3.87. The molecule has 0 saturated heterocycles. The van der Waals surface area contributed by atoms with Crippen molar-refractivity contribution in [2.75, 3.05) is 0 Å². The number of nitrogens with zero attached hydrogens (tertiary/aromatic N) is 1. The van der Waals surface area contributed by atoms with E-state index in [9.17, 15) is 0 Å². The van der Waals surface area contributed by atoms with Gasteiger partial charge in [-0.3, -0.25) is 4.98 Å². The summed E-state index contributed by atoms with van der Waals surface area (Å²) in [4.78, 5) is 8.56. The number of hydrogen-bond donors (Lipinski definition) is 1. The van der Waals surface area contributed by atoms with E-state index in [-0.39, 0.29) is 0 Å². The van der Waals surface area contributed by atoms with Crippen molar-refractivity contribution >= 4 is 45.3 Å². The number of H-pyrrole nitrogens is 1. The lowest BCUT2D eigenvalue weighted by molar-refractivity contribution is 1.09. The molecule has 0 radical (unpaired) electrons. The van der Waals surface area contributed by atoms with E-state index in [1.54, 1.807) is 0 Å². The lowest BCUT2D eigenvalue weighted by atomic mass is 10.1. The molecule has 4 heteroatoms. The summed E-state index contributed by atoms with van der Waals surface area (Å²) in [6, 6.07) is 19.8. The molecule has 3 heterocycles. The van der Waals surface area contributed by atoms with E-state index in [4.69, 9.17) is 4.98 Å². The second kappa shape index (κ2) is 6.43. The van der Waals surface area contributed by atoms with Crippen LogP contribution < -0.4 is 0 Å². The van der Waals surface area contributed by atoms with E-state index in [2.05, 4.69) is 59.6 Å². The van der Waals surface area contributed by atoms with Crippen molar-refractivity contribution in [2.45, 2.75) is 23.0 Å². The largest absolute Gasteiger partial charge is 0.354 e. The standard InChI is InChI=1S/C21H18N2S2/c1-4-14-10-24-12-16-6-3-7-17(22-16)13-25-11-15-5-2-9-19-18(8-1)20(14)23-21(15)19/h1-9,23H,10-13H2. The van der Waals surface area contributed by atoms with Gasteiger partial charge in [0, 0.05) is 33.8 Å². The summed E-state index contributed by atoms with van der Waals surface area (Å²) in [5.41, 5.74) is 7.71. The zero-order valence-corrected chi connectivity index (χ0v) is 15.4. The molecule has 0 spiro atoms. The lowest BCUT2D eigenvalue weighted by Crippen LogP contribution is -1.94. The van der Waals surface area contributed by atoms with E-state index >= 15 is 0 Å². The third-order valence-electron chi connectivity index (χ3n) is 4.72. The number of nitrogens with one attached hydrogen (secondary N) is 1. The SMILES string of the molecule is c1cc2nc(c1)CSCc1cccc3c1[nH]c1c(cccc13)CSC2. The van der Waals surface area contributed by atoms with Crippen LogP contribution in [0, 0.1) is 0 Å². The molecule has 4 aromatic rings. The molecule has 0 aliphatic carbocycles. The van der Waals surface area contributed by atoms with Gasteiger partial charge >= 0.3 is 0 Å². The second-order valence-corrected chi connectivity index (χ2v) is 8.38. The van der Waals surface area contributed by atoms with E-state index < -0.39 is 0 Å². The minimum absolute atomic E-state index is 0.959. The topological polar surface area (TPSA) is 28.7 Å². The van der Waals surface area contributed by atoms with Crippen molar-refractivity contribution in [2.24, 2.45) is 0 Å². The van der Waals surface area contributed by atoms with E-state index in [0.29, 0.717) is 0 Å². The Kier molecular flexibility index (Phi) is 3.95. The molecule has 2 aromatic carbocycles. The molecule has 4 bridgehead atoms. The smallest absolute Gasteiger partial charge is 0.0506 e. The van der Waals surface area contributed by atoms with Crippen LogP contribution in [-0.2, 0) is 23.0 Å². The Morgan fingerprint density at radius 2 is 1.16 bits per heavy atom. The highest BCUT2D eigenvalue weighted by molar-refractivity contribution is 7.98. The van der Waals surface area contributed by atoms with Crippen molar-refractivity contribution in [3.63, 3.8) is 0 Å². The minimum atomic E-state index is 0.959. The number of rotatable bonds is 0. The summed E-state index contributed by atoms with van der Waals surface area (Å²) in [6.07, 6.45) is 0. The molecular weight excluding hydrogens is 344 g/mol. The molecule has 0 atom stereocenters. The van der Waals surface area contributed by atoms with E-state index in [1.807, 2.05) is 23.5 Å². The normalized spacial score (nSPS) is 15.0. The number of benzene rings is 2. The predicted octanol–water partition coefficient (Wildman–Crippen LogP) is 5.90. The van der Waals surface area contributed by atoms with Crippen LogP contribution in [0.2, 0.25) is 0 Å². The number of para-hydroxylation sites is 2. The van der Waals surface area contributed by atoms with Crippen molar-refractivity contribution in [1.82, 2.24) is 9.97 Å². The van der Waals surface area contributed by atoms with Gasteiger partial charge in [-0.25, -0.2) is 0 Å². The van der Waals surface area contributed by atoms with Crippen LogP contribution in [-0.4, -0.2) is 9.97 Å². The Bertz CT molecular complexity index is 989. The Morgan fingerprint density at radius 3 is 1.72 bits per heavy atom. The van der Waals surface area contributed by atoms with Crippen LogP contribution in [0.4, 0.5) is 0 Å². The molecule has 1 aliphatic rings. The van der Waals surface area contributed by atoms with Crippen molar-refractivity contribution in [3.05, 3.63) is 77.1 Å². The molecule has 25 heavy (non-hydrogen) atoms. The van der Waals surface area contributed by atoms with Gasteiger partial charge in [0.1, 0.15) is 0 Å². The van der Waals surface area contributed by atoms with Crippen molar-refractivity contribution in [1.29, 1.82) is 0 Å². The maximum absolute atomic E-state index is 4.83. The van der Waals surface area contributed by atoms with Gasteiger partial charge in [0.15, 0.2) is 0 Å². The molecule has 2 nitrogen and oxygen atoms in total. The average Bonchev–Trinajstić information content (AvgIpc) is 3.02. The van der Waals surface area contributed by atoms with Crippen LogP contribution >= 0.6 is 23.5 Å². The van der Waals surface area contributed by atoms with Crippen molar-refractivity contribution < 1.29 is 0 Å². The Labute approximate surface area is 155 Å². The lowest BCUT2D eigenvalue weighted by Gasteiger charge is -2.07. The molecule has 2 aromatic heterocycles. The zero-order valence-electron chi connectivity index (χ0n) is 13.8. The fourth-order valence-corrected chi connectivity index (χ4v) is 5.40. The highest BCUT2D eigenvalue weighted by Gasteiger charge is 2.12. The van der Waals surface area contributed by atoms with Crippen LogP contribution in [0.1, 0.15) is 22.5 Å². The molecule has 0 fully saturated rings. The summed E-state index contributed by atoms with van der Waals surface area (Å²) < 4.78 is 0. The summed E-state index contributed by atoms with van der Waals surface area (Å²) in [7, 11) is 0. The third-order valence-corrected chi connectivity index (χ3v) is 6.75. The average molecular weight is 363 g/mol. The molecule has 5 rings (SSSR count). The maximum atomic E-state index is 4.83.